The van der Waals surface area contributed by atoms with E-state index in [9.17, 15) is 4.79 Å². The molecule has 1 aromatic carbocycles. The molecule has 2 aromatic rings. The molecule has 236 valence electrons. The molecule has 0 fully saturated rings. The number of anilines is 1. The van der Waals surface area contributed by atoms with Crippen LogP contribution in [-0.2, 0) is 9.53 Å². The molecule has 2 atom stereocenters. The third-order valence-corrected chi connectivity index (χ3v) is 8.17. The van der Waals surface area contributed by atoms with Crippen LogP contribution >= 0.6 is 11.6 Å². The standard InChI is InChI=1S/C36H58ClN3O2/c1-4-6-7-8-9-10-11-12-13-14-15-16-17-18-19-22-36(41)42-29-32(5-2)38-26-20-21-30(3)40-34-25-27-39-35-28-31(37)23-24-33(34)35/h12-13,23-25,27-28,30,32,38H,4-11,14-22,26,29H2,1-3H3,(H,39,40)/b13-12+. The van der Waals surface area contributed by atoms with Gasteiger partial charge in [-0.25, -0.2) is 0 Å². The fourth-order valence-corrected chi connectivity index (χ4v) is 5.39. The molecule has 0 amide bonds. The number of esters is 1. The molecule has 0 saturated carbocycles. The van der Waals surface area contributed by atoms with Gasteiger partial charge in [-0.3, -0.25) is 9.78 Å². The number of pyridine rings is 1. The van der Waals surface area contributed by atoms with Crippen LogP contribution in [0.25, 0.3) is 10.9 Å². The summed E-state index contributed by atoms with van der Waals surface area (Å²) in [5, 5.41) is 8.97. The van der Waals surface area contributed by atoms with E-state index in [4.69, 9.17) is 16.3 Å². The van der Waals surface area contributed by atoms with E-state index in [0.717, 1.165) is 55.2 Å². The average Bonchev–Trinajstić information content (AvgIpc) is 2.98. The van der Waals surface area contributed by atoms with E-state index < -0.39 is 0 Å². The molecule has 0 aliphatic rings. The molecule has 6 heteroatoms. The van der Waals surface area contributed by atoms with Gasteiger partial charge in [0.25, 0.3) is 0 Å². The lowest BCUT2D eigenvalue weighted by Crippen LogP contribution is -2.35. The highest BCUT2D eigenvalue weighted by Gasteiger charge is 2.11. The summed E-state index contributed by atoms with van der Waals surface area (Å²) in [4.78, 5) is 16.6. The smallest absolute Gasteiger partial charge is 0.305 e. The van der Waals surface area contributed by atoms with Gasteiger partial charge in [0.1, 0.15) is 6.61 Å². The van der Waals surface area contributed by atoms with Crippen LogP contribution in [0, 0.1) is 0 Å². The number of nitrogens with zero attached hydrogens (tertiary/aromatic N) is 1. The summed E-state index contributed by atoms with van der Waals surface area (Å²) in [5.74, 6) is -0.0587. The normalized spacial score (nSPS) is 13.0. The Balaban J connectivity index is 1.45. The van der Waals surface area contributed by atoms with E-state index in [-0.39, 0.29) is 12.0 Å². The van der Waals surface area contributed by atoms with E-state index in [1.165, 1.54) is 70.6 Å². The lowest BCUT2D eigenvalue weighted by atomic mass is 10.1. The first-order valence-electron chi connectivity index (χ1n) is 16.9. The van der Waals surface area contributed by atoms with Crippen molar-refractivity contribution in [2.75, 3.05) is 18.5 Å². The number of carbonyl (C=O) groups excluding carboxylic acids is 1. The Kier molecular flexibility index (Phi) is 20.1. The van der Waals surface area contributed by atoms with Crippen molar-refractivity contribution >= 4 is 34.2 Å². The van der Waals surface area contributed by atoms with Crippen LogP contribution in [0.1, 0.15) is 130 Å². The number of halogens is 1. The number of benzene rings is 1. The molecule has 2 N–H and O–H groups in total. The molecule has 42 heavy (non-hydrogen) atoms. The van der Waals surface area contributed by atoms with Crippen molar-refractivity contribution in [2.45, 2.75) is 142 Å². The number of hydrogen-bond acceptors (Lipinski definition) is 5. The van der Waals surface area contributed by atoms with Gasteiger partial charge in [0, 0.05) is 40.8 Å². The molecule has 0 bridgehead atoms. The number of fused-ring (bicyclic) bond motifs is 1. The highest BCUT2D eigenvalue weighted by atomic mass is 35.5. The Labute approximate surface area is 261 Å². The molecule has 2 rings (SSSR count). The zero-order chi connectivity index (χ0) is 30.3. The summed E-state index contributed by atoms with van der Waals surface area (Å²) >= 11 is 6.11. The first-order valence-corrected chi connectivity index (χ1v) is 17.3. The number of ether oxygens (including phenoxy) is 1. The maximum atomic E-state index is 12.2. The van der Waals surface area contributed by atoms with Gasteiger partial charge in [0.05, 0.1) is 5.52 Å². The topological polar surface area (TPSA) is 63.2 Å². The van der Waals surface area contributed by atoms with Crippen molar-refractivity contribution in [1.82, 2.24) is 10.3 Å². The van der Waals surface area contributed by atoms with E-state index in [1.54, 1.807) is 0 Å². The van der Waals surface area contributed by atoms with Gasteiger partial charge >= 0.3 is 5.97 Å². The van der Waals surface area contributed by atoms with E-state index in [2.05, 4.69) is 48.5 Å². The fraction of sp³-hybridized carbons (Fsp3) is 0.667. The highest BCUT2D eigenvalue weighted by molar-refractivity contribution is 6.31. The zero-order valence-corrected chi connectivity index (χ0v) is 27.5. The summed E-state index contributed by atoms with van der Waals surface area (Å²) in [5.41, 5.74) is 1.99. The number of aromatic nitrogens is 1. The molecule has 0 spiro atoms. The largest absolute Gasteiger partial charge is 0.464 e. The van der Waals surface area contributed by atoms with Crippen molar-refractivity contribution in [3.63, 3.8) is 0 Å². The number of unbranched alkanes of at least 4 members (excludes halogenated alkanes) is 11. The van der Waals surface area contributed by atoms with Gasteiger partial charge in [0.2, 0.25) is 0 Å². The van der Waals surface area contributed by atoms with Gasteiger partial charge in [-0.05, 0) is 89.1 Å². The minimum Gasteiger partial charge on any atom is -0.464 e. The van der Waals surface area contributed by atoms with Gasteiger partial charge in [-0.2, -0.15) is 0 Å². The minimum atomic E-state index is -0.0587. The minimum absolute atomic E-state index is 0.0587. The SMILES string of the molecule is CCCCCCCC/C=C/CCCCCCCC(=O)OCC(CC)NCCCC(C)Nc1ccnc2cc(Cl)ccc12. The molecule has 0 aliphatic heterocycles. The van der Waals surface area contributed by atoms with Gasteiger partial charge in [0.15, 0.2) is 0 Å². The fourth-order valence-electron chi connectivity index (χ4n) is 5.23. The van der Waals surface area contributed by atoms with Crippen LogP contribution < -0.4 is 10.6 Å². The number of rotatable bonds is 25. The van der Waals surface area contributed by atoms with Crippen molar-refractivity contribution in [3.8, 4) is 0 Å². The number of hydrogen-bond donors (Lipinski definition) is 2. The monoisotopic (exact) mass is 599 g/mol. The Morgan fingerprint density at radius 1 is 0.929 bits per heavy atom. The second kappa shape index (κ2) is 23.4. The predicted molar refractivity (Wildman–Crippen MR) is 182 cm³/mol. The summed E-state index contributed by atoms with van der Waals surface area (Å²) < 4.78 is 5.58. The summed E-state index contributed by atoms with van der Waals surface area (Å²) in [6.07, 6.45) is 26.5. The maximum absolute atomic E-state index is 12.2. The quantitative estimate of drug-likeness (QED) is 0.0675. The highest BCUT2D eigenvalue weighted by Crippen LogP contribution is 2.25. The Morgan fingerprint density at radius 2 is 1.62 bits per heavy atom. The third-order valence-electron chi connectivity index (χ3n) is 7.93. The third kappa shape index (κ3) is 16.5. The molecule has 2 unspecified atom stereocenters. The van der Waals surface area contributed by atoms with Crippen LogP contribution in [0.4, 0.5) is 5.69 Å². The summed E-state index contributed by atoms with van der Waals surface area (Å²) in [6, 6.07) is 8.38. The number of nitrogens with one attached hydrogen (secondary N) is 2. The summed E-state index contributed by atoms with van der Waals surface area (Å²) in [6.45, 7) is 7.98. The first kappa shape index (κ1) is 36.1. The molecular weight excluding hydrogens is 542 g/mol. The second-order valence-corrected chi connectivity index (χ2v) is 12.2. The lowest BCUT2D eigenvalue weighted by Gasteiger charge is -2.19. The number of allylic oxidation sites excluding steroid dienone is 2. The van der Waals surface area contributed by atoms with Crippen molar-refractivity contribution in [1.29, 1.82) is 0 Å². The van der Waals surface area contributed by atoms with Gasteiger partial charge < -0.3 is 15.4 Å². The van der Waals surface area contributed by atoms with E-state index in [0.29, 0.717) is 24.1 Å². The molecule has 1 heterocycles. The average molecular weight is 600 g/mol. The molecule has 5 nitrogen and oxygen atoms in total. The van der Waals surface area contributed by atoms with Gasteiger partial charge in [-0.15, -0.1) is 0 Å². The molecule has 0 radical (unpaired) electrons. The van der Waals surface area contributed by atoms with Crippen molar-refractivity contribution < 1.29 is 9.53 Å². The Hall–Kier alpha value is -2.11. The molecule has 0 saturated heterocycles. The van der Waals surface area contributed by atoms with Crippen LogP contribution in [0.2, 0.25) is 5.02 Å². The molecule has 0 aliphatic carbocycles. The van der Waals surface area contributed by atoms with Crippen LogP contribution in [0.15, 0.2) is 42.6 Å². The van der Waals surface area contributed by atoms with E-state index >= 15 is 0 Å². The molecule has 1 aromatic heterocycles. The second-order valence-electron chi connectivity index (χ2n) is 11.8. The van der Waals surface area contributed by atoms with E-state index in [1.807, 2.05) is 30.5 Å². The van der Waals surface area contributed by atoms with Crippen LogP contribution in [-0.4, -0.2) is 36.2 Å². The number of carbonyl (C=O) groups is 1. The Morgan fingerprint density at radius 3 is 2.33 bits per heavy atom. The van der Waals surface area contributed by atoms with Crippen molar-refractivity contribution in [2.24, 2.45) is 0 Å². The summed E-state index contributed by atoms with van der Waals surface area (Å²) in [7, 11) is 0. The van der Waals surface area contributed by atoms with Crippen LogP contribution in [0.5, 0.6) is 0 Å². The lowest BCUT2D eigenvalue weighted by molar-refractivity contribution is -0.144. The first-order chi connectivity index (χ1) is 20.5. The van der Waals surface area contributed by atoms with Crippen LogP contribution in [0.3, 0.4) is 0 Å². The van der Waals surface area contributed by atoms with Crippen molar-refractivity contribution in [3.05, 3.63) is 47.6 Å². The Bertz CT molecular complexity index is 1010. The molecular formula is C36H58ClN3O2. The predicted octanol–water partition coefficient (Wildman–Crippen LogP) is 10.4. The maximum Gasteiger partial charge on any atom is 0.305 e. The zero-order valence-electron chi connectivity index (χ0n) is 26.8. The van der Waals surface area contributed by atoms with Gasteiger partial charge in [-0.1, -0.05) is 89.0 Å².